The molecule has 86 valence electrons. The Balaban J connectivity index is 2.11. The summed E-state index contributed by atoms with van der Waals surface area (Å²) in [5.41, 5.74) is 0.698. The molecular weight excluding hydrogens is 270 g/mol. The summed E-state index contributed by atoms with van der Waals surface area (Å²) in [5, 5.41) is 2.85. The number of ether oxygens (including phenoxy) is 1. The predicted octanol–water partition coefficient (Wildman–Crippen LogP) is 2.39. The van der Waals surface area contributed by atoms with Gasteiger partial charge in [0.15, 0.2) is 5.78 Å². The molecule has 1 N–H and O–H groups in total. The van der Waals surface area contributed by atoms with Crippen molar-refractivity contribution in [2.45, 2.75) is 18.9 Å². The van der Waals surface area contributed by atoms with Crippen molar-refractivity contribution in [3.05, 3.63) is 28.2 Å². The van der Waals surface area contributed by atoms with Crippen LogP contribution in [0.15, 0.2) is 22.7 Å². The van der Waals surface area contributed by atoms with Gasteiger partial charge in [-0.3, -0.25) is 4.79 Å². The monoisotopic (exact) mass is 283 g/mol. The summed E-state index contributed by atoms with van der Waals surface area (Å²) in [6, 6.07) is 5.48. The standard InChI is InChI=1S/C12H14BrNO2/c1-14-7-11(15)8-2-5-12(10(13)6-8)16-9-3-4-9/h2,5-6,9,14H,3-4,7H2,1H3. The normalized spacial score (nSPS) is 14.9. The maximum absolute atomic E-state index is 11.6. The highest BCUT2D eigenvalue weighted by Crippen LogP contribution is 2.32. The van der Waals surface area contributed by atoms with Gasteiger partial charge in [-0.15, -0.1) is 0 Å². The minimum absolute atomic E-state index is 0.0844. The van der Waals surface area contributed by atoms with E-state index in [9.17, 15) is 4.79 Å². The van der Waals surface area contributed by atoms with Crippen LogP contribution in [0.3, 0.4) is 0 Å². The summed E-state index contributed by atoms with van der Waals surface area (Å²) in [5.74, 6) is 0.907. The first-order valence-corrected chi connectivity index (χ1v) is 6.14. The quantitative estimate of drug-likeness (QED) is 0.844. The van der Waals surface area contributed by atoms with Crippen LogP contribution in [-0.4, -0.2) is 25.5 Å². The molecule has 16 heavy (non-hydrogen) atoms. The molecule has 0 amide bonds. The lowest BCUT2D eigenvalue weighted by Crippen LogP contribution is -2.18. The van der Waals surface area contributed by atoms with E-state index in [1.807, 2.05) is 18.2 Å². The maximum atomic E-state index is 11.6. The van der Waals surface area contributed by atoms with Crippen molar-refractivity contribution in [1.29, 1.82) is 0 Å². The lowest BCUT2D eigenvalue weighted by Gasteiger charge is -2.08. The Hall–Kier alpha value is -0.870. The van der Waals surface area contributed by atoms with Crippen molar-refractivity contribution in [1.82, 2.24) is 5.32 Å². The number of Topliss-reactive ketones (excluding diaryl/α,β-unsaturated/α-hetero) is 1. The van der Waals surface area contributed by atoms with E-state index in [0.29, 0.717) is 18.2 Å². The summed E-state index contributed by atoms with van der Waals surface area (Å²) in [4.78, 5) is 11.6. The Bertz CT molecular complexity index is 402. The average Bonchev–Trinajstić information content (AvgIpc) is 3.05. The summed E-state index contributed by atoms with van der Waals surface area (Å²) >= 11 is 3.43. The largest absolute Gasteiger partial charge is 0.489 e. The highest BCUT2D eigenvalue weighted by molar-refractivity contribution is 9.10. The highest BCUT2D eigenvalue weighted by atomic mass is 79.9. The van der Waals surface area contributed by atoms with Gasteiger partial charge in [0, 0.05) is 5.56 Å². The lowest BCUT2D eigenvalue weighted by molar-refractivity contribution is 0.0993. The van der Waals surface area contributed by atoms with Gasteiger partial charge in [-0.1, -0.05) is 0 Å². The Morgan fingerprint density at radius 3 is 2.88 bits per heavy atom. The molecule has 1 fully saturated rings. The second kappa shape index (κ2) is 4.97. The fourth-order valence-corrected chi connectivity index (χ4v) is 1.87. The van der Waals surface area contributed by atoms with E-state index in [-0.39, 0.29) is 5.78 Å². The van der Waals surface area contributed by atoms with Crippen molar-refractivity contribution in [2.24, 2.45) is 0 Å². The molecule has 0 aromatic heterocycles. The van der Waals surface area contributed by atoms with Crippen molar-refractivity contribution in [3.63, 3.8) is 0 Å². The van der Waals surface area contributed by atoms with Gasteiger partial charge < -0.3 is 10.1 Å². The smallest absolute Gasteiger partial charge is 0.176 e. The maximum Gasteiger partial charge on any atom is 0.176 e. The van der Waals surface area contributed by atoms with Crippen LogP contribution in [-0.2, 0) is 0 Å². The number of ketones is 1. The van der Waals surface area contributed by atoms with Crippen LogP contribution in [0.1, 0.15) is 23.2 Å². The molecule has 1 aliphatic rings. The van der Waals surface area contributed by atoms with Gasteiger partial charge in [-0.2, -0.15) is 0 Å². The molecule has 0 bridgehead atoms. The van der Waals surface area contributed by atoms with Crippen molar-refractivity contribution >= 4 is 21.7 Å². The lowest BCUT2D eigenvalue weighted by atomic mass is 10.1. The number of benzene rings is 1. The van der Waals surface area contributed by atoms with E-state index < -0.39 is 0 Å². The highest BCUT2D eigenvalue weighted by Gasteiger charge is 2.24. The van der Waals surface area contributed by atoms with E-state index in [0.717, 1.165) is 23.1 Å². The predicted molar refractivity (Wildman–Crippen MR) is 66.0 cm³/mol. The fourth-order valence-electron chi connectivity index (χ4n) is 1.40. The molecule has 1 aromatic rings. The SMILES string of the molecule is CNCC(=O)c1ccc(OC2CC2)c(Br)c1. The van der Waals surface area contributed by atoms with E-state index in [2.05, 4.69) is 21.2 Å². The fraction of sp³-hybridized carbons (Fsp3) is 0.417. The number of carbonyl (C=O) groups excluding carboxylic acids is 1. The molecule has 0 unspecified atom stereocenters. The van der Waals surface area contributed by atoms with Crippen LogP contribution < -0.4 is 10.1 Å². The molecule has 3 nitrogen and oxygen atoms in total. The molecule has 0 heterocycles. The molecule has 1 aromatic carbocycles. The van der Waals surface area contributed by atoms with Crippen LogP contribution in [0.25, 0.3) is 0 Å². The van der Waals surface area contributed by atoms with Crippen molar-refractivity contribution in [3.8, 4) is 5.75 Å². The first kappa shape index (κ1) is 11.6. The number of nitrogens with one attached hydrogen (secondary N) is 1. The molecule has 0 saturated heterocycles. The van der Waals surface area contributed by atoms with E-state index >= 15 is 0 Å². The second-order valence-corrected chi connectivity index (χ2v) is 4.77. The Kier molecular flexibility index (Phi) is 3.61. The molecule has 0 atom stereocenters. The molecule has 1 aliphatic carbocycles. The molecule has 1 saturated carbocycles. The zero-order valence-electron chi connectivity index (χ0n) is 9.13. The summed E-state index contributed by atoms with van der Waals surface area (Å²) in [6.07, 6.45) is 2.63. The van der Waals surface area contributed by atoms with Gasteiger partial charge in [0.25, 0.3) is 0 Å². The van der Waals surface area contributed by atoms with Crippen LogP contribution in [0, 0.1) is 0 Å². The molecule has 2 rings (SSSR count). The zero-order valence-corrected chi connectivity index (χ0v) is 10.7. The Labute approximate surface area is 103 Å². The van der Waals surface area contributed by atoms with Gasteiger partial charge >= 0.3 is 0 Å². The summed E-state index contributed by atoms with van der Waals surface area (Å²) < 4.78 is 6.53. The zero-order chi connectivity index (χ0) is 11.5. The third-order valence-electron chi connectivity index (χ3n) is 2.41. The first-order valence-electron chi connectivity index (χ1n) is 5.34. The second-order valence-electron chi connectivity index (χ2n) is 3.92. The van der Waals surface area contributed by atoms with Gasteiger partial charge in [0.1, 0.15) is 5.75 Å². The molecule has 0 spiro atoms. The Morgan fingerprint density at radius 1 is 1.56 bits per heavy atom. The number of halogens is 1. The van der Waals surface area contributed by atoms with E-state index in [4.69, 9.17) is 4.74 Å². The molecule has 0 aliphatic heterocycles. The summed E-state index contributed by atoms with van der Waals surface area (Å²) in [7, 11) is 1.76. The molecule has 0 radical (unpaired) electrons. The number of carbonyl (C=O) groups is 1. The van der Waals surface area contributed by atoms with Gasteiger partial charge in [0.2, 0.25) is 0 Å². The molecule has 4 heteroatoms. The van der Waals surface area contributed by atoms with E-state index in [1.54, 1.807) is 7.05 Å². The topological polar surface area (TPSA) is 38.3 Å². The first-order chi connectivity index (χ1) is 7.70. The van der Waals surface area contributed by atoms with Crippen LogP contribution in [0.5, 0.6) is 5.75 Å². The average molecular weight is 284 g/mol. The minimum Gasteiger partial charge on any atom is -0.489 e. The van der Waals surface area contributed by atoms with Gasteiger partial charge in [0.05, 0.1) is 17.1 Å². The minimum atomic E-state index is 0.0844. The van der Waals surface area contributed by atoms with Crippen molar-refractivity contribution in [2.75, 3.05) is 13.6 Å². The molecular formula is C12H14BrNO2. The van der Waals surface area contributed by atoms with Gasteiger partial charge in [-0.25, -0.2) is 0 Å². The number of hydrogen-bond acceptors (Lipinski definition) is 3. The number of hydrogen-bond donors (Lipinski definition) is 1. The van der Waals surface area contributed by atoms with E-state index in [1.165, 1.54) is 0 Å². The third-order valence-corrected chi connectivity index (χ3v) is 3.03. The third kappa shape index (κ3) is 2.83. The number of likely N-dealkylation sites (N-methyl/N-ethyl adjacent to an activating group) is 1. The summed E-state index contributed by atoms with van der Waals surface area (Å²) in [6.45, 7) is 0.356. The van der Waals surface area contributed by atoms with Crippen LogP contribution in [0.2, 0.25) is 0 Å². The Morgan fingerprint density at radius 2 is 2.31 bits per heavy atom. The van der Waals surface area contributed by atoms with Gasteiger partial charge in [-0.05, 0) is 54.0 Å². The van der Waals surface area contributed by atoms with Crippen LogP contribution in [0.4, 0.5) is 0 Å². The van der Waals surface area contributed by atoms with Crippen molar-refractivity contribution < 1.29 is 9.53 Å². The number of rotatable bonds is 5. The van der Waals surface area contributed by atoms with Crippen LogP contribution >= 0.6 is 15.9 Å².